The van der Waals surface area contributed by atoms with Gasteiger partial charge in [-0.25, -0.2) is 0 Å². The van der Waals surface area contributed by atoms with Crippen LogP contribution < -0.4 is 0 Å². The van der Waals surface area contributed by atoms with E-state index < -0.39 is 6.10 Å². The maximum Gasteiger partial charge on any atom is 0.0833 e. The topological polar surface area (TPSA) is 49.7 Å². The van der Waals surface area contributed by atoms with E-state index in [-0.39, 0.29) is 12.2 Å². The second-order valence-corrected chi connectivity index (χ2v) is 5.20. The van der Waals surface area contributed by atoms with Crippen LogP contribution in [-0.4, -0.2) is 28.5 Å². The number of aliphatic hydroxyl groups is 2. The molecule has 0 heterocycles. The van der Waals surface area contributed by atoms with E-state index in [9.17, 15) is 5.11 Å². The lowest BCUT2D eigenvalue weighted by atomic mass is 10.1. The molecule has 2 N–H and O–H groups in total. The first-order chi connectivity index (χ1) is 9.59. The number of benzene rings is 1. The van der Waals surface area contributed by atoms with Crippen molar-refractivity contribution < 1.29 is 14.9 Å². The van der Waals surface area contributed by atoms with Gasteiger partial charge in [0.15, 0.2) is 0 Å². The smallest absolute Gasteiger partial charge is 0.0833 e. The molecule has 0 saturated heterocycles. The lowest BCUT2D eigenvalue weighted by Crippen LogP contribution is -2.25. The van der Waals surface area contributed by atoms with Crippen molar-refractivity contribution in [3.63, 3.8) is 0 Å². The second-order valence-electron chi connectivity index (χ2n) is 5.20. The van der Waals surface area contributed by atoms with Crippen LogP contribution in [0, 0.1) is 0 Å². The van der Waals surface area contributed by atoms with Gasteiger partial charge in [0.2, 0.25) is 0 Å². The lowest BCUT2D eigenvalue weighted by molar-refractivity contribution is -0.0333. The molecule has 0 unspecified atom stereocenters. The minimum absolute atomic E-state index is 0.198. The second kappa shape index (κ2) is 9.70. The Morgan fingerprint density at radius 1 is 1.10 bits per heavy atom. The van der Waals surface area contributed by atoms with Gasteiger partial charge in [-0.2, -0.15) is 0 Å². The van der Waals surface area contributed by atoms with Gasteiger partial charge in [-0.05, 0) is 38.7 Å². The summed E-state index contributed by atoms with van der Waals surface area (Å²) in [5, 5.41) is 19.1. The van der Waals surface area contributed by atoms with Crippen LogP contribution in [0.1, 0.15) is 38.7 Å². The molecule has 0 bridgehead atoms. The van der Waals surface area contributed by atoms with E-state index in [1.54, 1.807) is 6.92 Å². The standard InChI is InChI=1S/C17H26O3/c1-14(18)9-5-3-8-12-17(19)15(2)20-13-16-10-6-4-7-11-16/h3-4,6-8,10-11,14-15,17-19H,5,9,12-13H2,1-2H3/b8-3+/t14-,15-,17+/m1/s1. The normalized spacial score (nSPS) is 16.2. The van der Waals surface area contributed by atoms with Gasteiger partial charge < -0.3 is 14.9 Å². The molecule has 0 aliphatic carbocycles. The van der Waals surface area contributed by atoms with Gasteiger partial charge in [0.05, 0.1) is 24.9 Å². The maximum absolute atomic E-state index is 9.98. The van der Waals surface area contributed by atoms with E-state index in [2.05, 4.69) is 0 Å². The van der Waals surface area contributed by atoms with E-state index in [1.165, 1.54) is 0 Å². The van der Waals surface area contributed by atoms with Gasteiger partial charge in [-0.3, -0.25) is 0 Å². The predicted octanol–water partition coefficient (Wildman–Crippen LogP) is 3.06. The van der Waals surface area contributed by atoms with Crippen LogP contribution in [0.4, 0.5) is 0 Å². The zero-order valence-electron chi connectivity index (χ0n) is 12.4. The van der Waals surface area contributed by atoms with Crippen LogP contribution in [0.15, 0.2) is 42.5 Å². The molecule has 1 rings (SSSR count). The highest BCUT2D eigenvalue weighted by molar-refractivity contribution is 5.13. The van der Waals surface area contributed by atoms with Crippen molar-refractivity contribution in [3.8, 4) is 0 Å². The first-order valence-corrected chi connectivity index (χ1v) is 7.26. The SMILES string of the molecule is C[C@@H](O)CC/C=C/C[C@H](O)[C@@H](C)OCc1ccccc1. The van der Waals surface area contributed by atoms with Gasteiger partial charge in [0.1, 0.15) is 0 Å². The number of aliphatic hydroxyl groups excluding tert-OH is 2. The molecular formula is C17H26O3. The Morgan fingerprint density at radius 3 is 2.45 bits per heavy atom. The number of ether oxygens (including phenoxy) is 1. The summed E-state index contributed by atoms with van der Waals surface area (Å²) in [4.78, 5) is 0. The average Bonchev–Trinajstić information content (AvgIpc) is 2.45. The monoisotopic (exact) mass is 278 g/mol. The summed E-state index contributed by atoms with van der Waals surface area (Å²) < 4.78 is 5.66. The Morgan fingerprint density at radius 2 is 1.80 bits per heavy atom. The van der Waals surface area contributed by atoms with E-state index >= 15 is 0 Å². The van der Waals surface area contributed by atoms with E-state index in [4.69, 9.17) is 9.84 Å². The van der Waals surface area contributed by atoms with Crippen LogP contribution >= 0.6 is 0 Å². The molecule has 3 heteroatoms. The molecule has 3 nitrogen and oxygen atoms in total. The number of rotatable bonds is 9. The quantitative estimate of drug-likeness (QED) is 0.683. The molecule has 0 spiro atoms. The minimum atomic E-state index is -0.499. The van der Waals surface area contributed by atoms with Gasteiger partial charge >= 0.3 is 0 Å². The molecule has 1 aromatic rings. The highest BCUT2D eigenvalue weighted by Crippen LogP contribution is 2.09. The zero-order chi connectivity index (χ0) is 14.8. The summed E-state index contributed by atoms with van der Waals surface area (Å²) in [6, 6.07) is 9.94. The third-order valence-electron chi connectivity index (χ3n) is 3.19. The summed E-state index contributed by atoms with van der Waals surface area (Å²) in [6.07, 6.45) is 5.16. The van der Waals surface area contributed by atoms with Crippen LogP contribution in [0.25, 0.3) is 0 Å². The van der Waals surface area contributed by atoms with Crippen LogP contribution in [-0.2, 0) is 11.3 Å². The van der Waals surface area contributed by atoms with Gasteiger partial charge in [0.25, 0.3) is 0 Å². The van der Waals surface area contributed by atoms with Crippen LogP contribution in [0.2, 0.25) is 0 Å². The average molecular weight is 278 g/mol. The summed E-state index contributed by atoms with van der Waals surface area (Å²) in [6.45, 7) is 4.18. The van der Waals surface area contributed by atoms with Crippen molar-refractivity contribution >= 4 is 0 Å². The first kappa shape index (κ1) is 16.9. The molecule has 0 aliphatic heterocycles. The molecule has 0 saturated carbocycles. The summed E-state index contributed by atoms with van der Waals surface area (Å²) in [5.74, 6) is 0. The molecular weight excluding hydrogens is 252 g/mol. The minimum Gasteiger partial charge on any atom is -0.393 e. The number of hydrogen-bond acceptors (Lipinski definition) is 3. The molecule has 1 aromatic carbocycles. The lowest BCUT2D eigenvalue weighted by Gasteiger charge is -2.18. The van der Waals surface area contributed by atoms with Crippen molar-refractivity contribution in [1.82, 2.24) is 0 Å². The van der Waals surface area contributed by atoms with Crippen molar-refractivity contribution in [2.24, 2.45) is 0 Å². The summed E-state index contributed by atoms with van der Waals surface area (Å²) in [5.41, 5.74) is 1.11. The highest BCUT2D eigenvalue weighted by atomic mass is 16.5. The Balaban J connectivity index is 2.20. The molecule has 112 valence electrons. The predicted molar refractivity (Wildman–Crippen MR) is 81.4 cm³/mol. The first-order valence-electron chi connectivity index (χ1n) is 7.26. The van der Waals surface area contributed by atoms with Gasteiger partial charge in [-0.1, -0.05) is 42.5 Å². The summed E-state index contributed by atoms with van der Waals surface area (Å²) >= 11 is 0. The Kier molecular flexibility index (Phi) is 8.19. The van der Waals surface area contributed by atoms with Crippen molar-refractivity contribution in [1.29, 1.82) is 0 Å². The molecule has 20 heavy (non-hydrogen) atoms. The number of hydrogen-bond donors (Lipinski definition) is 2. The zero-order valence-corrected chi connectivity index (χ0v) is 12.4. The molecule has 0 aromatic heterocycles. The van der Waals surface area contributed by atoms with Gasteiger partial charge in [0, 0.05) is 0 Å². The fourth-order valence-corrected chi connectivity index (χ4v) is 1.80. The fourth-order valence-electron chi connectivity index (χ4n) is 1.80. The van der Waals surface area contributed by atoms with E-state index in [0.29, 0.717) is 13.0 Å². The van der Waals surface area contributed by atoms with E-state index in [1.807, 2.05) is 49.4 Å². The van der Waals surface area contributed by atoms with Crippen LogP contribution in [0.5, 0.6) is 0 Å². The molecule has 3 atom stereocenters. The highest BCUT2D eigenvalue weighted by Gasteiger charge is 2.13. The molecule has 0 radical (unpaired) electrons. The third-order valence-corrected chi connectivity index (χ3v) is 3.19. The third kappa shape index (κ3) is 7.43. The van der Waals surface area contributed by atoms with Crippen molar-refractivity contribution in [3.05, 3.63) is 48.0 Å². The Hall–Kier alpha value is -1.16. The maximum atomic E-state index is 9.98. The Labute approximate surface area is 121 Å². The molecule has 0 fully saturated rings. The fraction of sp³-hybridized carbons (Fsp3) is 0.529. The largest absolute Gasteiger partial charge is 0.393 e. The van der Waals surface area contributed by atoms with Gasteiger partial charge in [-0.15, -0.1) is 0 Å². The molecule has 0 aliphatic rings. The van der Waals surface area contributed by atoms with Crippen molar-refractivity contribution in [2.45, 2.75) is 58.0 Å². The number of allylic oxidation sites excluding steroid dienone is 1. The van der Waals surface area contributed by atoms with E-state index in [0.717, 1.165) is 18.4 Å². The van der Waals surface area contributed by atoms with Crippen LogP contribution in [0.3, 0.4) is 0 Å². The molecule has 0 amide bonds. The Bertz CT molecular complexity index is 373. The van der Waals surface area contributed by atoms with Crippen molar-refractivity contribution in [2.75, 3.05) is 0 Å². The summed E-state index contributed by atoms with van der Waals surface area (Å²) in [7, 11) is 0.